The predicted molar refractivity (Wildman–Crippen MR) is 94.2 cm³/mol. The first kappa shape index (κ1) is 14.9. The van der Waals surface area contributed by atoms with Gasteiger partial charge in [0.25, 0.3) is 5.91 Å². The average Bonchev–Trinajstić information content (AvgIpc) is 3.04. The van der Waals surface area contributed by atoms with Crippen LogP contribution in [0.4, 0.5) is 5.82 Å². The van der Waals surface area contributed by atoms with Crippen LogP contribution >= 0.6 is 12.2 Å². The molecule has 0 aliphatic heterocycles. The number of rotatable bonds is 3. The SMILES string of the molecule is O=C(NC(=S)Nc1cc(-c2ccccc2)n[nH]1)c1ccccc1. The maximum absolute atomic E-state index is 12.0. The molecule has 0 radical (unpaired) electrons. The lowest BCUT2D eigenvalue weighted by molar-refractivity contribution is 0.0977. The van der Waals surface area contributed by atoms with Gasteiger partial charge in [-0.2, -0.15) is 5.10 Å². The minimum Gasteiger partial charge on any atom is -0.317 e. The van der Waals surface area contributed by atoms with Crippen molar-refractivity contribution in [1.29, 1.82) is 0 Å². The van der Waals surface area contributed by atoms with Gasteiger partial charge in [-0.05, 0) is 24.4 Å². The van der Waals surface area contributed by atoms with Gasteiger partial charge in [0.05, 0.1) is 5.69 Å². The Morgan fingerprint density at radius 2 is 1.65 bits per heavy atom. The second-order valence-corrected chi connectivity index (χ2v) is 5.22. The molecule has 3 rings (SSSR count). The van der Waals surface area contributed by atoms with Gasteiger partial charge in [0.2, 0.25) is 0 Å². The van der Waals surface area contributed by atoms with Gasteiger partial charge in [0.15, 0.2) is 5.11 Å². The highest BCUT2D eigenvalue weighted by Crippen LogP contribution is 2.18. The summed E-state index contributed by atoms with van der Waals surface area (Å²) in [5.74, 6) is 0.355. The predicted octanol–water partition coefficient (Wildman–Crippen LogP) is 3.20. The van der Waals surface area contributed by atoms with Crippen molar-refractivity contribution in [2.24, 2.45) is 0 Å². The molecule has 0 spiro atoms. The van der Waals surface area contributed by atoms with Crippen LogP contribution in [-0.4, -0.2) is 21.2 Å². The van der Waals surface area contributed by atoms with Crippen LogP contribution in [0.5, 0.6) is 0 Å². The fourth-order valence-corrected chi connectivity index (χ4v) is 2.26. The summed E-state index contributed by atoms with van der Waals surface area (Å²) in [5, 5.41) is 12.8. The largest absolute Gasteiger partial charge is 0.317 e. The van der Waals surface area contributed by atoms with Gasteiger partial charge >= 0.3 is 0 Å². The lowest BCUT2D eigenvalue weighted by Gasteiger charge is -2.07. The van der Waals surface area contributed by atoms with Crippen molar-refractivity contribution in [3.8, 4) is 11.3 Å². The molecule has 6 heteroatoms. The lowest BCUT2D eigenvalue weighted by Crippen LogP contribution is -2.34. The smallest absolute Gasteiger partial charge is 0.257 e. The number of aromatic amines is 1. The molecule has 0 aliphatic carbocycles. The van der Waals surface area contributed by atoms with Crippen molar-refractivity contribution in [2.45, 2.75) is 0 Å². The first-order valence-electron chi connectivity index (χ1n) is 7.00. The number of carbonyl (C=O) groups excluding carboxylic acids is 1. The molecular formula is C17H14N4OS. The zero-order chi connectivity index (χ0) is 16.1. The molecule has 3 aromatic rings. The fraction of sp³-hybridized carbons (Fsp3) is 0. The number of carbonyl (C=O) groups is 1. The second-order valence-electron chi connectivity index (χ2n) is 4.81. The Morgan fingerprint density at radius 1 is 1.00 bits per heavy atom. The van der Waals surface area contributed by atoms with Crippen LogP contribution in [0.2, 0.25) is 0 Å². The number of nitrogens with one attached hydrogen (secondary N) is 3. The van der Waals surface area contributed by atoms with Gasteiger partial charge in [0.1, 0.15) is 5.82 Å². The quantitative estimate of drug-likeness (QED) is 0.648. The Morgan fingerprint density at radius 3 is 2.35 bits per heavy atom. The Labute approximate surface area is 138 Å². The highest BCUT2D eigenvalue weighted by atomic mass is 32.1. The third kappa shape index (κ3) is 3.81. The number of aromatic nitrogens is 2. The molecule has 0 aliphatic rings. The van der Waals surface area contributed by atoms with Gasteiger partial charge in [-0.25, -0.2) is 0 Å². The van der Waals surface area contributed by atoms with E-state index in [0.29, 0.717) is 11.4 Å². The summed E-state index contributed by atoms with van der Waals surface area (Å²) in [6.45, 7) is 0. The van der Waals surface area contributed by atoms with E-state index in [0.717, 1.165) is 11.3 Å². The number of benzene rings is 2. The molecule has 3 N–H and O–H groups in total. The summed E-state index contributed by atoms with van der Waals surface area (Å²) in [5.41, 5.74) is 2.34. The van der Waals surface area contributed by atoms with E-state index in [1.807, 2.05) is 42.5 Å². The Hall–Kier alpha value is -2.99. The molecule has 1 aromatic heterocycles. The average molecular weight is 322 g/mol. The molecule has 1 heterocycles. The van der Waals surface area contributed by atoms with Crippen molar-refractivity contribution in [2.75, 3.05) is 5.32 Å². The summed E-state index contributed by atoms with van der Waals surface area (Å²) in [6, 6.07) is 20.5. The number of hydrogen-bond acceptors (Lipinski definition) is 3. The first-order chi connectivity index (χ1) is 11.2. The van der Waals surface area contributed by atoms with E-state index in [2.05, 4.69) is 20.8 Å². The fourth-order valence-electron chi connectivity index (χ4n) is 2.06. The molecule has 2 aromatic carbocycles. The molecule has 0 bridgehead atoms. The van der Waals surface area contributed by atoms with Crippen LogP contribution in [0.1, 0.15) is 10.4 Å². The molecule has 23 heavy (non-hydrogen) atoms. The third-order valence-corrected chi connectivity index (χ3v) is 3.36. The molecule has 0 saturated carbocycles. The van der Waals surface area contributed by atoms with Gasteiger partial charge in [0, 0.05) is 17.2 Å². The Balaban J connectivity index is 1.63. The molecule has 0 unspecified atom stereocenters. The van der Waals surface area contributed by atoms with Crippen molar-refractivity contribution in [1.82, 2.24) is 15.5 Å². The minimum absolute atomic E-state index is 0.210. The Bertz CT molecular complexity index is 815. The normalized spacial score (nSPS) is 10.1. The minimum atomic E-state index is -0.258. The summed E-state index contributed by atoms with van der Waals surface area (Å²) in [7, 11) is 0. The molecule has 0 atom stereocenters. The van der Waals surface area contributed by atoms with Crippen molar-refractivity contribution in [3.63, 3.8) is 0 Å². The van der Waals surface area contributed by atoms with Gasteiger partial charge in [-0.1, -0.05) is 48.5 Å². The highest BCUT2D eigenvalue weighted by Gasteiger charge is 2.09. The molecule has 0 fully saturated rings. The van der Waals surface area contributed by atoms with E-state index in [1.165, 1.54) is 0 Å². The number of amides is 1. The molecule has 0 saturated heterocycles. The maximum atomic E-state index is 12.0. The summed E-state index contributed by atoms with van der Waals surface area (Å²) in [4.78, 5) is 12.0. The van der Waals surface area contributed by atoms with Crippen molar-refractivity contribution in [3.05, 3.63) is 72.3 Å². The number of nitrogens with zero attached hydrogens (tertiary/aromatic N) is 1. The van der Waals surface area contributed by atoms with Gasteiger partial charge in [-0.3, -0.25) is 15.2 Å². The second kappa shape index (κ2) is 6.85. The van der Waals surface area contributed by atoms with Crippen LogP contribution < -0.4 is 10.6 Å². The molecule has 114 valence electrons. The van der Waals surface area contributed by atoms with E-state index < -0.39 is 0 Å². The molecule has 5 nitrogen and oxygen atoms in total. The van der Waals surface area contributed by atoms with E-state index in [1.54, 1.807) is 24.3 Å². The maximum Gasteiger partial charge on any atom is 0.257 e. The standard InChI is InChI=1S/C17H14N4OS/c22-16(13-9-5-2-6-10-13)19-17(23)18-15-11-14(20-21-15)12-7-3-1-4-8-12/h1-11H,(H3,18,19,20,21,22,23). The van der Waals surface area contributed by atoms with Crippen LogP contribution in [0, 0.1) is 0 Å². The van der Waals surface area contributed by atoms with E-state index >= 15 is 0 Å². The number of anilines is 1. The Kier molecular flexibility index (Phi) is 4.44. The zero-order valence-electron chi connectivity index (χ0n) is 12.1. The lowest BCUT2D eigenvalue weighted by atomic mass is 10.2. The monoisotopic (exact) mass is 322 g/mol. The summed E-state index contributed by atoms with van der Waals surface area (Å²) >= 11 is 5.15. The number of hydrogen-bond donors (Lipinski definition) is 3. The topological polar surface area (TPSA) is 69.8 Å². The summed E-state index contributed by atoms with van der Waals surface area (Å²) in [6.07, 6.45) is 0. The van der Waals surface area contributed by atoms with Crippen LogP contribution in [0.3, 0.4) is 0 Å². The van der Waals surface area contributed by atoms with Crippen molar-refractivity contribution >= 4 is 29.1 Å². The van der Waals surface area contributed by atoms with E-state index in [4.69, 9.17) is 12.2 Å². The van der Waals surface area contributed by atoms with Gasteiger partial charge < -0.3 is 5.32 Å². The highest BCUT2D eigenvalue weighted by molar-refractivity contribution is 7.80. The van der Waals surface area contributed by atoms with E-state index in [-0.39, 0.29) is 11.0 Å². The first-order valence-corrected chi connectivity index (χ1v) is 7.41. The molecule has 1 amide bonds. The molecular weight excluding hydrogens is 308 g/mol. The van der Waals surface area contributed by atoms with Crippen LogP contribution in [0.15, 0.2) is 66.7 Å². The van der Waals surface area contributed by atoms with Crippen LogP contribution in [-0.2, 0) is 0 Å². The third-order valence-electron chi connectivity index (χ3n) is 3.16. The number of thiocarbonyl (C=S) groups is 1. The number of H-pyrrole nitrogens is 1. The van der Waals surface area contributed by atoms with Gasteiger partial charge in [-0.15, -0.1) is 0 Å². The van der Waals surface area contributed by atoms with Crippen LogP contribution in [0.25, 0.3) is 11.3 Å². The van der Waals surface area contributed by atoms with E-state index in [9.17, 15) is 4.79 Å². The van der Waals surface area contributed by atoms with Crippen molar-refractivity contribution < 1.29 is 4.79 Å². The summed E-state index contributed by atoms with van der Waals surface area (Å²) < 4.78 is 0. The zero-order valence-corrected chi connectivity index (χ0v) is 12.9.